The maximum absolute atomic E-state index is 5.41. The van der Waals surface area contributed by atoms with Crippen LogP contribution >= 0.6 is 23.5 Å². The quantitative estimate of drug-likeness (QED) is 0.898. The molecule has 0 spiro atoms. The van der Waals surface area contributed by atoms with Gasteiger partial charge in [0.15, 0.2) is 5.82 Å². The van der Waals surface area contributed by atoms with Crippen molar-refractivity contribution in [3.05, 3.63) is 11.7 Å². The zero-order valence-electron chi connectivity index (χ0n) is 11.2. The monoisotopic (exact) mass is 287 g/mol. The van der Waals surface area contributed by atoms with Gasteiger partial charge in [0.05, 0.1) is 11.3 Å². The van der Waals surface area contributed by atoms with Crippen LogP contribution in [0.2, 0.25) is 0 Å². The van der Waals surface area contributed by atoms with Crippen molar-refractivity contribution >= 4 is 23.5 Å². The smallest absolute Gasteiger partial charge is 0.243 e. The molecule has 1 aliphatic heterocycles. The van der Waals surface area contributed by atoms with Crippen LogP contribution in [-0.2, 0) is 0 Å². The molecule has 2 heterocycles. The molecule has 0 radical (unpaired) electrons. The van der Waals surface area contributed by atoms with Crippen molar-refractivity contribution in [3.63, 3.8) is 0 Å². The predicted octanol–water partition coefficient (Wildman–Crippen LogP) is 3.04. The average Bonchev–Trinajstić information content (AvgIpc) is 2.89. The summed E-state index contributed by atoms with van der Waals surface area (Å²) >= 11 is 4.00. The van der Waals surface area contributed by atoms with Gasteiger partial charge in [0.2, 0.25) is 5.89 Å². The van der Waals surface area contributed by atoms with E-state index in [2.05, 4.69) is 29.3 Å². The van der Waals surface area contributed by atoms with Gasteiger partial charge in [-0.25, -0.2) is 0 Å². The lowest BCUT2D eigenvalue weighted by molar-refractivity contribution is 0.331. The second kappa shape index (κ2) is 6.82. The molecule has 3 unspecified atom stereocenters. The molecule has 1 fully saturated rings. The van der Waals surface area contributed by atoms with Crippen LogP contribution in [-0.4, -0.2) is 33.9 Å². The van der Waals surface area contributed by atoms with E-state index in [9.17, 15) is 0 Å². The van der Waals surface area contributed by atoms with Gasteiger partial charge in [0.1, 0.15) is 0 Å². The predicted molar refractivity (Wildman–Crippen MR) is 78.1 cm³/mol. The van der Waals surface area contributed by atoms with Gasteiger partial charge >= 0.3 is 0 Å². The number of thioether (sulfide) groups is 2. The van der Waals surface area contributed by atoms with Gasteiger partial charge in [0, 0.05) is 16.8 Å². The second-order valence-electron chi connectivity index (χ2n) is 4.35. The molecule has 0 saturated carbocycles. The zero-order valence-corrected chi connectivity index (χ0v) is 12.8. The molecule has 1 aliphatic rings. The van der Waals surface area contributed by atoms with Gasteiger partial charge in [-0.15, -0.1) is 11.8 Å². The van der Waals surface area contributed by atoms with Gasteiger partial charge in [-0.05, 0) is 19.9 Å². The highest BCUT2D eigenvalue weighted by atomic mass is 32.2. The summed E-state index contributed by atoms with van der Waals surface area (Å²) in [5, 5.41) is 8.40. The lowest BCUT2D eigenvalue weighted by Crippen LogP contribution is -2.20. The van der Waals surface area contributed by atoms with Crippen LogP contribution in [0.3, 0.4) is 0 Å². The van der Waals surface area contributed by atoms with Gasteiger partial charge in [-0.3, -0.25) is 0 Å². The Kier molecular flexibility index (Phi) is 5.38. The highest BCUT2D eigenvalue weighted by Gasteiger charge is 2.31. The maximum atomic E-state index is 5.41. The minimum atomic E-state index is 0.174. The summed E-state index contributed by atoms with van der Waals surface area (Å²) in [6, 6.07) is 0.174. The van der Waals surface area contributed by atoms with Crippen LogP contribution in [0.4, 0.5) is 0 Å². The van der Waals surface area contributed by atoms with E-state index < -0.39 is 0 Å². The van der Waals surface area contributed by atoms with E-state index in [1.54, 1.807) is 0 Å². The summed E-state index contributed by atoms with van der Waals surface area (Å²) in [5.41, 5.74) is 0. The Morgan fingerprint density at radius 3 is 2.83 bits per heavy atom. The standard InChI is InChI=1S/C12H21N3OS2/c1-4-8(13-3)12-14-11(15-16-12)10-9(5-2)17-6-7-18-10/h8-10,13H,4-7H2,1-3H3. The summed E-state index contributed by atoms with van der Waals surface area (Å²) in [6.07, 6.45) is 2.12. The number of nitrogens with zero attached hydrogens (tertiary/aromatic N) is 2. The molecule has 102 valence electrons. The van der Waals surface area contributed by atoms with Crippen molar-refractivity contribution in [1.29, 1.82) is 0 Å². The van der Waals surface area contributed by atoms with E-state index in [1.807, 2.05) is 30.6 Å². The Morgan fingerprint density at radius 1 is 1.39 bits per heavy atom. The van der Waals surface area contributed by atoms with Crippen molar-refractivity contribution in [2.24, 2.45) is 0 Å². The fourth-order valence-corrected chi connectivity index (χ4v) is 5.13. The van der Waals surface area contributed by atoms with Crippen molar-refractivity contribution in [2.45, 2.75) is 43.2 Å². The van der Waals surface area contributed by atoms with Crippen LogP contribution in [0, 0.1) is 0 Å². The Bertz CT molecular complexity index is 368. The van der Waals surface area contributed by atoms with Crippen LogP contribution in [0.1, 0.15) is 49.7 Å². The molecule has 4 nitrogen and oxygen atoms in total. The summed E-state index contributed by atoms with van der Waals surface area (Å²) in [5.74, 6) is 4.01. The van der Waals surface area contributed by atoms with Gasteiger partial charge in [-0.1, -0.05) is 19.0 Å². The first-order valence-corrected chi connectivity index (χ1v) is 8.63. The fraction of sp³-hybridized carbons (Fsp3) is 0.833. The van der Waals surface area contributed by atoms with Crippen LogP contribution < -0.4 is 5.32 Å². The molecule has 0 aliphatic carbocycles. The highest BCUT2D eigenvalue weighted by Crippen LogP contribution is 2.43. The van der Waals surface area contributed by atoms with Gasteiger partial charge in [0.25, 0.3) is 0 Å². The van der Waals surface area contributed by atoms with Crippen LogP contribution in [0.25, 0.3) is 0 Å². The molecule has 18 heavy (non-hydrogen) atoms. The van der Waals surface area contributed by atoms with E-state index in [-0.39, 0.29) is 6.04 Å². The molecule has 1 saturated heterocycles. The van der Waals surface area contributed by atoms with E-state index in [0.717, 1.165) is 24.6 Å². The summed E-state index contributed by atoms with van der Waals surface area (Å²) in [7, 11) is 1.93. The largest absolute Gasteiger partial charge is 0.338 e. The molecule has 0 aromatic carbocycles. The van der Waals surface area contributed by atoms with Gasteiger partial charge < -0.3 is 9.84 Å². The van der Waals surface area contributed by atoms with Crippen molar-refractivity contribution < 1.29 is 4.52 Å². The van der Waals surface area contributed by atoms with Crippen molar-refractivity contribution in [2.75, 3.05) is 18.6 Å². The number of hydrogen-bond acceptors (Lipinski definition) is 6. The number of aromatic nitrogens is 2. The Labute approximate surface area is 117 Å². The Morgan fingerprint density at radius 2 is 2.17 bits per heavy atom. The third kappa shape index (κ3) is 3.03. The molecule has 1 aromatic heterocycles. The van der Waals surface area contributed by atoms with E-state index in [4.69, 9.17) is 4.52 Å². The van der Waals surface area contributed by atoms with E-state index in [1.165, 1.54) is 11.5 Å². The summed E-state index contributed by atoms with van der Waals surface area (Å²) < 4.78 is 5.41. The number of rotatable bonds is 5. The number of nitrogens with one attached hydrogen (secondary N) is 1. The first-order valence-electron chi connectivity index (χ1n) is 6.54. The van der Waals surface area contributed by atoms with Crippen LogP contribution in [0.15, 0.2) is 4.52 Å². The minimum absolute atomic E-state index is 0.174. The molecule has 0 bridgehead atoms. The second-order valence-corrected chi connectivity index (χ2v) is 6.95. The molecule has 3 atom stereocenters. The molecular weight excluding hydrogens is 266 g/mol. The Balaban J connectivity index is 2.12. The SMILES string of the molecule is CCC(NC)c1nc(C2SCCSC2CC)no1. The van der Waals surface area contributed by atoms with Crippen molar-refractivity contribution in [3.8, 4) is 0 Å². The molecule has 1 aromatic rings. The molecular formula is C12H21N3OS2. The molecule has 2 rings (SSSR count). The number of hydrogen-bond donors (Lipinski definition) is 1. The van der Waals surface area contributed by atoms with Crippen molar-refractivity contribution in [1.82, 2.24) is 15.5 Å². The Hall–Kier alpha value is -0.200. The average molecular weight is 287 g/mol. The summed E-state index contributed by atoms with van der Waals surface area (Å²) in [6.45, 7) is 4.35. The topological polar surface area (TPSA) is 51.0 Å². The minimum Gasteiger partial charge on any atom is -0.338 e. The lowest BCUT2D eigenvalue weighted by Gasteiger charge is -2.27. The van der Waals surface area contributed by atoms with E-state index >= 15 is 0 Å². The van der Waals surface area contributed by atoms with Gasteiger partial charge in [-0.2, -0.15) is 16.7 Å². The summed E-state index contributed by atoms with van der Waals surface area (Å²) in [4.78, 5) is 4.60. The highest BCUT2D eigenvalue weighted by molar-refractivity contribution is 8.06. The zero-order chi connectivity index (χ0) is 13.0. The maximum Gasteiger partial charge on any atom is 0.243 e. The molecule has 1 N–H and O–H groups in total. The molecule has 6 heteroatoms. The first kappa shape index (κ1) is 14.2. The van der Waals surface area contributed by atoms with Crippen LogP contribution in [0.5, 0.6) is 0 Å². The lowest BCUT2D eigenvalue weighted by atomic mass is 10.2. The van der Waals surface area contributed by atoms with E-state index in [0.29, 0.717) is 10.5 Å². The third-order valence-electron chi connectivity index (χ3n) is 3.22. The first-order chi connectivity index (χ1) is 8.80. The third-order valence-corrected chi connectivity index (χ3v) is 6.46. The molecule has 0 amide bonds. The fourth-order valence-electron chi connectivity index (χ4n) is 2.15. The normalized spacial score (nSPS) is 26.2.